The van der Waals surface area contributed by atoms with Crippen molar-refractivity contribution in [3.05, 3.63) is 93.6 Å². The zero-order valence-electron chi connectivity index (χ0n) is 17.7. The third-order valence-electron chi connectivity index (χ3n) is 5.58. The van der Waals surface area contributed by atoms with Crippen molar-refractivity contribution >= 4 is 48.4 Å². The van der Waals surface area contributed by atoms with Gasteiger partial charge in [0.15, 0.2) is 0 Å². The Bertz CT molecular complexity index is 1730. The lowest BCUT2D eigenvalue weighted by Crippen LogP contribution is -2.11. The van der Waals surface area contributed by atoms with Gasteiger partial charge in [-0.3, -0.25) is 14.8 Å². The summed E-state index contributed by atoms with van der Waals surface area (Å²) < 4.78 is 24.0. The monoisotopic (exact) mass is 489 g/mol. The fourth-order valence-electron chi connectivity index (χ4n) is 3.86. The van der Waals surface area contributed by atoms with Gasteiger partial charge in [-0.2, -0.15) is 0 Å². The molecule has 0 atom stereocenters. The molecule has 4 N–H and O–H groups in total. The van der Waals surface area contributed by atoms with Crippen LogP contribution in [-0.2, 0) is 16.6 Å². The van der Waals surface area contributed by atoms with Crippen LogP contribution in [0.3, 0.4) is 0 Å². The Kier molecular flexibility index (Phi) is 5.52. The molecule has 0 saturated carbocycles. The summed E-state index contributed by atoms with van der Waals surface area (Å²) in [5.41, 5.74) is 2.77. The quantitative estimate of drug-likeness (QED) is 0.317. The molecule has 2 aromatic heterocycles. The van der Waals surface area contributed by atoms with Gasteiger partial charge in [0.05, 0.1) is 17.0 Å². The molecule has 0 unspecified atom stereocenters. The third-order valence-corrected chi connectivity index (χ3v) is 7.47. The van der Waals surface area contributed by atoms with Gasteiger partial charge in [0, 0.05) is 32.6 Å². The number of aromatic nitrogens is 1. The van der Waals surface area contributed by atoms with Crippen LogP contribution in [0.25, 0.3) is 32.0 Å². The lowest BCUT2D eigenvalue weighted by molar-refractivity contribution is 0.452. The number of hydrogen-bond acceptors (Lipinski definition) is 6. The lowest BCUT2D eigenvalue weighted by Gasteiger charge is -2.08. The Hall–Kier alpha value is -3.79. The highest BCUT2D eigenvalue weighted by Gasteiger charge is 2.13. The Balaban J connectivity index is 1.54. The summed E-state index contributed by atoms with van der Waals surface area (Å²) in [6, 6.07) is 19.7. The molecular formula is C25H19N3O4S2. The molecular weight excluding hydrogens is 470 g/mol. The smallest absolute Gasteiger partial charge is 0.258 e. The number of benzene rings is 3. The number of thiophene rings is 1. The highest BCUT2D eigenvalue weighted by Crippen LogP contribution is 2.35. The van der Waals surface area contributed by atoms with Crippen molar-refractivity contribution in [2.75, 3.05) is 0 Å². The normalized spacial score (nSPS) is 12.1. The van der Waals surface area contributed by atoms with E-state index in [2.05, 4.69) is 27.5 Å². The van der Waals surface area contributed by atoms with E-state index in [0.717, 1.165) is 22.1 Å². The number of primary sulfonamides is 1. The van der Waals surface area contributed by atoms with Crippen LogP contribution >= 0.6 is 11.3 Å². The van der Waals surface area contributed by atoms with Gasteiger partial charge in [0.2, 0.25) is 15.9 Å². The van der Waals surface area contributed by atoms with Gasteiger partial charge in [-0.15, -0.1) is 11.3 Å². The van der Waals surface area contributed by atoms with E-state index < -0.39 is 10.0 Å². The van der Waals surface area contributed by atoms with Gasteiger partial charge in [0.25, 0.3) is 5.56 Å². The number of nitrogens with one attached hydrogen (secondary N) is 1. The summed E-state index contributed by atoms with van der Waals surface area (Å²) >= 11 is 1.65. The van der Waals surface area contributed by atoms with Crippen molar-refractivity contribution in [2.45, 2.75) is 11.4 Å². The zero-order chi connectivity index (χ0) is 23.9. The Morgan fingerprint density at radius 2 is 1.76 bits per heavy atom. The molecule has 0 aliphatic heterocycles. The number of aromatic hydroxyl groups is 1. The molecule has 0 spiro atoms. The van der Waals surface area contributed by atoms with Crippen molar-refractivity contribution in [3.63, 3.8) is 0 Å². The number of H-pyrrole nitrogens is 1. The van der Waals surface area contributed by atoms with Crippen LogP contribution in [0.1, 0.15) is 11.1 Å². The number of pyridine rings is 1. The van der Waals surface area contributed by atoms with Crippen molar-refractivity contribution in [1.29, 1.82) is 0 Å². The molecule has 2 heterocycles. The maximum absolute atomic E-state index is 12.5. The molecule has 5 aromatic rings. The van der Waals surface area contributed by atoms with Crippen LogP contribution < -0.4 is 10.7 Å². The number of nitrogens with two attached hydrogens (primary N) is 1. The van der Waals surface area contributed by atoms with Gasteiger partial charge in [-0.1, -0.05) is 36.4 Å². The standard InChI is InChI=1S/C25H19N3O4S2/c26-34(31,32)17-8-5-15(6-9-17)12-27-13-21-20-11-16(7-10-19(20)24(29)28-25(21)30)22-14-33-23-4-2-1-3-18(22)23/h1-11,13-14H,12H2,(H2,26,31,32)(H2,28,29,30). The molecule has 0 aliphatic rings. The molecule has 0 amide bonds. The van der Waals surface area contributed by atoms with E-state index in [1.54, 1.807) is 29.5 Å². The van der Waals surface area contributed by atoms with Crippen LogP contribution in [0.15, 0.2) is 86.8 Å². The van der Waals surface area contributed by atoms with E-state index in [4.69, 9.17) is 5.14 Å². The minimum absolute atomic E-state index is 0.0259. The highest BCUT2D eigenvalue weighted by atomic mass is 32.2. The molecule has 170 valence electrons. The van der Waals surface area contributed by atoms with Gasteiger partial charge in [-0.05, 0) is 46.8 Å². The van der Waals surface area contributed by atoms with Gasteiger partial charge < -0.3 is 5.11 Å². The minimum atomic E-state index is -3.76. The van der Waals surface area contributed by atoms with E-state index in [-0.39, 0.29) is 22.9 Å². The Morgan fingerprint density at radius 3 is 2.53 bits per heavy atom. The fraction of sp³-hybridized carbons (Fsp3) is 0.0400. The summed E-state index contributed by atoms with van der Waals surface area (Å²) in [5.74, 6) is -0.266. The van der Waals surface area contributed by atoms with Crippen LogP contribution in [0.4, 0.5) is 0 Å². The number of aromatic amines is 1. The van der Waals surface area contributed by atoms with Crippen LogP contribution in [0, 0.1) is 0 Å². The topological polar surface area (TPSA) is 126 Å². The average Bonchev–Trinajstić information content (AvgIpc) is 3.25. The van der Waals surface area contributed by atoms with Gasteiger partial charge in [-0.25, -0.2) is 13.6 Å². The maximum atomic E-state index is 12.5. The van der Waals surface area contributed by atoms with Crippen molar-refractivity contribution in [2.24, 2.45) is 10.1 Å². The molecule has 9 heteroatoms. The minimum Gasteiger partial charge on any atom is -0.494 e. The Labute approximate surface area is 198 Å². The van der Waals surface area contributed by atoms with E-state index in [1.807, 2.05) is 24.3 Å². The van der Waals surface area contributed by atoms with E-state index in [0.29, 0.717) is 16.3 Å². The maximum Gasteiger partial charge on any atom is 0.258 e. The van der Waals surface area contributed by atoms with E-state index in [1.165, 1.54) is 23.0 Å². The summed E-state index contributed by atoms with van der Waals surface area (Å²) in [6.07, 6.45) is 1.51. The number of nitrogens with zero attached hydrogens (tertiary/aromatic N) is 1. The van der Waals surface area contributed by atoms with Crippen molar-refractivity contribution < 1.29 is 13.5 Å². The van der Waals surface area contributed by atoms with Gasteiger partial charge >= 0.3 is 0 Å². The van der Waals surface area contributed by atoms with Crippen molar-refractivity contribution in [3.8, 4) is 17.0 Å². The highest BCUT2D eigenvalue weighted by molar-refractivity contribution is 7.89. The number of aliphatic imine (C=N–C) groups is 1. The van der Waals surface area contributed by atoms with Crippen LogP contribution in [0.5, 0.6) is 5.88 Å². The summed E-state index contributed by atoms with van der Waals surface area (Å²) in [5, 5.41) is 19.8. The molecule has 0 radical (unpaired) electrons. The second-order valence-electron chi connectivity index (χ2n) is 7.78. The fourth-order valence-corrected chi connectivity index (χ4v) is 5.35. The molecule has 5 rings (SSSR count). The molecule has 0 saturated heterocycles. The van der Waals surface area contributed by atoms with Crippen LogP contribution in [0.2, 0.25) is 0 Å². The second kappa shape index (κ2) is 8.53. The third kappa shape index (κ3) is 4.12. The lowest BCUT2D eigenvalue weighted by atomic mass is 9.99. The summed E-state index contributed by atoms with van der Waals surface area (Å²) in [4.78, 5) is 19.3. The largest absolute Gasteiger partial charge is 0.494 e. The van der Waals surface area contributed by atoms with Gasteiger partial charge in [0.1, 0.15) is 0 Å². The molecule has 0 bridgehead atoms. The molecule has 34 heavy (non-hydrogen) atoms. The number of sulfonamides is 1. The zero-order valence-corrected chi connectivity index (χ0v) is 19.4. The summed E-state index contributed by atoms with van der Waals surface area (Å²) in [6.45, 7) is 0.250. The predicted octanol–water partition coefficient (Wildman–Crippen LogP) is 4.38. The number of rotatable bonds is 5. The molecule has 0 fully saturated rings. The van der Waals surface area contributed by atoms with Crippen molar-refractivity contribution in [1.82, 2.24) is 4.98 Å². The number of hydrogen-bond donors (Lipinski definition) is 3. The molecule has 0 aliphatic carbocycles. The first-order chi connectivity index (χ1) is 16.3. The van der Waals surface area contributed by atoms with E-state index in [9.17, 15) is 18.3 Å². The van der Waals surface area contributed by atoms with E-state index >= 15 is 0 Å². The predicted molar refractivity (Wildman–Crippen MR) is 136 cm³/mol. The first-order valence-corrected chi connectivity index (χ1v) is 12.7. The molecule has 7 nitrogen and oxygen atoms in total. The average molecular weight is 490 g/mol. The SMILES string of the molecule is NS(=O)(=O)c1ccc(CN=Cc2c(O)[nH]c(=O)c3ccc(-c4csc5ccccc45)cc23)cc1. The Morgan fingerprint density at radius 1 is 1.00 bits per heavy atom. The first-order valence-electron chi connectivity index (χ1n) is 10.3. The first kappa shape index (κ1) is 22.0. The second-order valence-corrected chi connectivity index (χ2v) is 10.3. The summed E-state index contributed by atoms with van der Waals surface area (Å²) in [7, 11) is -3.76. The molecule has 3 aromatic carbocycles. The van der Waals surface area contributed by atoms with Crippen LogP contribution in [-0.4, -0.2) is 24.7 Å². The number of fused-ring (bicyclic) bond motifs is 2.